The molecule has 0 aromatic carbocycles. The van der Waals surface area contributed by atoms with Gasteiger partial charge in [0.1, 0.15) is 11.9 Å². The van der Waals surface area contributed by atoms with Crippen LogP contribution in [0, 0.1) is 6.92 Å². The van der Waals surface area contributed by atoms with Gasteiger partial charge in [-0.1, -0.05) is 17.2 Å². The van der Waals surface area contributed by atoms with Gasteiger partial charge in [0.2, 0.25) is 0 Å². The molecule has 0 spiro atoms. The maximum atomic E-state index is 11.9. The summed E-state index contributed by atoms with van der Waals surface area (Å²) in [7, 11) is 0. The molecule has 0 saturated heterocycles. The summed E-state index contributed by atoms with van der Waals surface area (Å²) in [5.74, 6) is 0.680. The predicted octanol–water partition coefficient (Wildman–Crippen LogP) is 3.76. The third-order valence-electron chi connectivity index (χ3n) is 4.06. The highest BCUT2D eigenvalue weighted by atomic mass is 16.5. The lowest BCUT2D eigenvalue weighted by Gasteiger charge is -2.07. The lowest BCUT2D eigenvalue weighted by atomic mass is 10.1. The van der Waals surface area contributed by atoms with E-state index in [4.69, 9.17) is 14.3 Å². The Bertz CT molecular complexity index is 733. The first-order valence-electron chi connectivity index (χ1n) is 8.34. The molecule has 25 heavy (non-hydrogen) atoms. The molecule has 0 bridgehead atoms. The fraction of sp³-hybridized carbons (Fsp3) is 0.400. The van der Waals surface area contributed by atoms with Crippen molar-refractivity contribution in [2.75, 3.05) is 6.61 Å². The SMILES string of the molecule is C/C(=C/c1cc(C)c(C=O)o1)CC1C=C(CC/C=C(\C)CO)C(=O)O1. The number of esters is 1. The maximum absolute atomic E-state index is 11.9. The average molecular weight is 344 g/mol. The number of hydrogen-bond acceptors (Lipinski definition) is 5. The van der Waals surface area contributed by atoms with Crippen LogP contribution < -0.4 is 0 Å². The minimum absolute atomic E-state index is 0.0359. The molecule has 1 aromatic rings. The number of cyclic esters (lactones) is 1. The smallest absolute Gasteiger partial charge is 0.334 e. The van der Waals surface area contributed by atoms with Crippen LogP contribution in [0.25, 0.3) is 6.08 Å². The summed E-state index contributed by atoms with van der Waals surface area (Å²) >= 11 is 0. The maximum Gasteiger partial charge on any atom is 0.334 e. The van der Waals surface area contributed by atoms with Crippen LogP contribution in [-0.4, -0.2) is 30.1 Å². The van der Waals surface area contributed by atoms with E-state index in [-0.39, 0.29) is 18.7 Å². The summed E-state index contributed by atoms with van der Waals surface area (Å²) in [5.41, 5.74) is 3.37. The molecule has 1 unspecified atom stereocenters. The van der Waals surface area contributed by atoms with Crippen LogP contribution in [0.2, 0.25) is 0 Å². The van der Waals surface area contributed by atoms with Gasteiger partial charge in [0.15, 0.2) is 12.0 Å². The van der Waals surface area contributed by atoms with Gasteiger partial charge >= 0.3 is 5.97 Å². The molecule has 0 radical (unpaired) electrons. The molecule has 1 atom stereocenters. The highest BCUT2D eigenvalue weighted by Gasteiger charge is 2.24. The van der Waals surface area contributed by atoms with Gasteiger partial charge in [-0.05, 0) is 57.4 Å². The van der Waals surface area contributed by atoms with E-state index in [1.165, 1.54) is 0 Å². The summed E-state index contributed by atoms with van der Waals surface area (Å²) in [6.07, 6.45) is 7.96. The largest absolute Gasteiger partial charge is 0.454 e. The van der Waals surface area contributed by atoms with Crippen molar-refractivity contribution >= 4 is 18.3 Å². The van der Waals surface area contributed by atoms with Gasteiger partial charge in [-0.2, -0.15) is 0 Å². The van der Waals surface area contributed by atoms with Gasteiger partial charge < -0.3 is 14.3 Å². The Morgan fingerprint density at radius 1 is 1.32 bits per heavy atom. The molecule has 5 heteroatoms. The number of aldehydes is 1. The zero-order valence-corrected chi connectivity index (χ0v) is 14.9. The molecule has 5 nitrogen and oxygen atoms in total. The highest BCUT2D eigenvalue weighted by Crippen LogP contribution is 2.24. The molecule has 1 aromatic heterocycles. The summed E-state index contributed by atoms with van der Waals surface area (Å²) in [6.45, 7) is 5.64. The van der Waals surface area contributed by atoms with Crippen LogP contribution in [-0.2, 0) is 9.53 Å². The zero-order chi connectivity index (χ0) is 18.4. The second kappa shape index (κ2) is 8.62. The number of ether oxygens (including phenoxy) is 1. The number of carbonyl (C=O) groups is 2. The summed E-state index contributed by atoms with van der Waals surface area (Å²) in [5, 5.41) is 8.97. The van der Waals surface area contributed by atoms with Crippen LogP contribution in [0.1, 0.15) is 55.0 Å². The average Bonchev–Trinajstić information content (AvgIpc) is 3.09. The van der Waals surface area contributed by atoms with Gasteiger partial charge in [-0.15, -0.1) is 0 Å². The van der Waals surface area contributed by atoms with E-state index in [0.29, 0.717) is 42.6 Å². The Morgan fingerprint density at radius 2 is 2.08 bits per heavy atom. The molecular formula is C20H24O5. The van der Waals surface area contributed by atoms with E-state index in [9.17, 15) is 9.59 Å². The number of hydrogen-bond donors (Lipinski definition) is 1. The zero-order valence-electron chi connectivity index (χ0n) is 14.9. The first kappa shape index (κ1) is 18.9. The number of rotatable bonds is 8. The Morgan fingerprint density at radius 3 is 2.72 bits per heavy atom. The Hall–Kier alpha value is -2.40. The van der Waals surface area contributed by atoms with E-state index >= 15 is 0 Å². The van der Waals surface area contributed by atoms with Crippen molar-refractivity contribution in [1.82, 2.24) is 0 Å². The molecule has 2 rings (SSSR count). The third-order valence-corrected chi connectivity index (χ3v) is 4.06. The second-order valence-electron chi connectivity index (χ2n) is 6.39. The standard InChI is InChI=1S/C20H24O5/c1-13(11-21)5-4-6-16-10-18(25-20(16)23)8-14(2)7-17-9-15(3)19(12-22)24-17/h5,7,9-10,12,18,21H,4,6,8,11H2,1-3H3/b13-5+,14-7-. The van der Waals surface area contributed by atoms with Crippen molar-refractivity contribution in [1.29, 1.82) is 0 Å². The van der Waals surface area contributed by atoms with Crippen molar-refractivity contribution in [2.45, 2.75) is 46.1 Å². The van der Waals surface area contributed by atoms with Crippen molar-refractivity contribution in [3.05, 3.63) is 52.0 Å². The topological polar surface area (TPSA) is 76.7 Å². The number of aryl methyl sites for hydroxylation is 1. The minimum Gasteiger partial charge on any atom is -0.454 e. The Balaban J connectivity index is 1.96. The van der Waals surface area contributed by atoms with Crippen LogP contribution >= 0.6 is 0 Å². The van der Waals surface area contributed by atoms with Gasteiger partial charge in [-0.3, -0.25) is 4.79 Å². The van der Waals surface area contributed by atoms with Crippen molar-refractivity contribution in [2.24, 2.45) is 0 Å². The molecule has 0 saturated carbocycles. The van der Waals surface area contributed by atoms with E-state index in [1.54, 1.807) is 0 Å². The molecule has 0 aliphatic carbocycles. The molecule has 2 heterocycles. The van der Waals surface area contributed by atoms with E-state index in [1.807, 2.05) is 45.1 Å². The third kappa shape index (κ3) is 5.29. The summed E-state index contributed by atoms with van der Waals surface area (Å²) in [4.78, 5) is 22.7. The second-order valence-corrected chi connectivity index (χ2v) is 6.39. The Labute approximate surface area is 147 Å². The first-order valence-corrected chi connectivity index (χ1v) is 8.34. The first-order chi connectivity index (χ1) is 11.9. The van der Waals surface area contributed by atoms with Crippen molar-refractivity contribution in [3.8, 4) is 0 Å². The van der Waals surface area contributed by atoms with Crippen molar-refractivity contribution < 1.29 is 23.8 Å². The van der Waals surface area contributed by atoms with Crippen LogP contribution in [0.3, 0.4) is 0 Å². The lowest BCUT2D eigenvalue weighted by molar-refractivity contribution is -0.139. The lowest BCUT2D eigenvalue weighted by Crippen LogP contribution is -2.08. The van der Waals surface area contributed by atoms with E-state index < -0.39 is 0 Å². The van der Waals surface area contributed by atoms with E-state index in [2.05, 4.69) is 0 Å². The minimum atomic E-state index is -0.275. The monoisotopic (exact) mass is 344 g/mol. The van der Waals surface area contributed by atoms with Crippen LogP contribution in [0.15, 0.2) is 39.4 Å². The van der Waals surface area contributed by atoms with Gasteiger partial charge in [-0.25, -0.2) is 4.79 Å². The molecule has 0 amide bonds. The molecule has 134 valence electrons. The Kier molecular flexibility index (Phi) is 6.53. The summed E-state index contributed by atoms with van der Waals surface area (Å²) < 4.78 is 10.8. The molecule has 1 N–H and O–H groups in total. The number of allylic oxidation sites excluding steroid dienone is 1. The van der Waals surface area contributed by atoms with Crippen LogP contribution in [0.4, 0.5) is 0 Å². The van der Waals surface area contributed by atoms with Gasteiger partial charge in [0.05, 0.1) is 6.61 Å². The number of furan rings is 1. The molecule has 0 fully saturated rings. The van der Waals surface area contributed by atoms with Crippen molar-refractivity contribution in [3.63, 3.8) is 0 Å². The number of aliphatic hydroxyl groups is 1. The number of carbonyl (C=O) groups excluding carboxylic acids is 2. The van der Waals surface area contributed by atoms with E-state index in [0.717, 1.165) is 16.7 Å². The number of aliphatic hydroxyl groups excluding tert-OH is 1. The fourth-order valence-electron chi connectivity index (χ4n) is 2.69. The highest BCUT2D eigenvalue weighted by molar-refractivity contribution is 5.90. The fourth-order valence-corrected chi connectivity index (χ4v) is 2.69. The molecular weight excluding hydrogens is 320 g/mol. The van der Waals surface area contributed by atoms with Crippen LogP contribution in [0.5, 0.6) is 0 Å². The summed E-state index contributed by atoms with van der Waals surface area (Å²) in [6, 6.07) is 1.81. The predicted molar refractivity (Wildman–Crippen MR) is 95.1 cm³/mol. The normalized spacial score (nSPS) is 18.3. The molecule has 1 aliphatic rings. The quantitative estimate of drug-likeness (QED) is 0.441. The van der Waals surface area contributed by atoms with Gasteiger partial charge in [0, 0.05) is 12.0 Å². The van der Waals surface area contributed by atoms with Gasteiger partial charge in [0.25, 0.3) is 0 Å². The molecule has 1 aliphatic heterocycles.